The van der Waals surface area contributed by atoms with E-state index in [9.17, 15) is 0 Å². The number of benzene rings is 1. The molecule has 1 aromatic rings. The molecule has 1 aliphatic rings. The molecule has 1 aliphatic heterocycles. The first-order chi connectivity index (χ1) is 9.67. The first-order valence-corrected chi connectivity index (χ1v) is 6.66. The lowest BCUT2D eigenvalue weighted by molar-refractivity contribution is 0.220. The van der Waals surface area contributed by atoms with Gasteiger partial charge in [0.2, 0.25) is 0 Å². The van der Waals surface area contributed by atoms with E-state index in [0.717, 1.165) is 31.6 Å². The van der Waals surface area contributed by atoms with Gasteiger partial charge < -0.3 is 20.8 Å². The van der Waals surface area contributed by atoms with E-state index in [2.05, 4.69) is 10.1 Å². The average molecular weight is 279 g/mol. The number of likely N-dealkylation sites (tertiary alicyclic amines) is 1. The van der Waals surface area contributed by atoms with Gasteiger partial charge in [0.25, 0.3) is 0 Å². The Morgan fingerprint density at radius 3 is 2.95 bits per heavy atom. The molecule has 1 aromatic carbocycles. The zero-order valence-electron chi connectivity index (χ0n) is 11.6. The molecule has 1 saturated heterocycles. The lowest BCUT2D eigenvalue weighted by atomic mass is 10.1. The minimum absolute atomic E-state index is 0.0401. The second-order valence-electron chi connectivity index (χ2n) is 5.09. The molecule has 4 N–H and O–H groups in total. The van der Waals surface area contributed by atoms with Gasteiger partial charge in [0.15, 0.2) is 5.84 Å². The number of aliphatic hydroxyl groups excluding tert-OH is 1. The quantitative estimate of drug-likeness (QED) is 0.318. The zero-order valence-corrected chi connectivity index (χ0v) is 11.6. The van der Waals surface area contributed by atoms with Crippen LogP contribution in [-0.2, 0) is 6.54 Å². The van der Waals surface area contributed by atoms with Gasteiger partial charge >= 0.3 is 0 Å². The fraction of sp³-hybridized carbons (Fsp3) is 0.500. The number of nitrogens with two attached hydrogens (primary N) is 1. The molecule has 6 heteroatoms. The maximum atomic E-state index is 9.16. The Balaban J connectivity index is 2.13. The zero-order chi connectivity index (χ0) is 14.5. The second-order valence-corrected chi connectivity index (χ2v) is 5.09. The molecule has 1 fully saturated rings. The van der Waals surface area contributed by atoms with Gasteiger partial charge in [-0.2, -0.15) is 0 Å². The van der Waals surface area contributed by atoms with Gasteiger partial charge in [-0.1, -0.05) is 11.2 Å². The summed E-state index contributed by atoms with van der Waals surface area (Å²) < 4.78 is 5.21. The smallest absolute Gasteiger partial charge is 0.173 e. The van der Waals surface area contributed by atoms with Crippen LogP contribution in [0.3, 0.4) is 0 Å². The van der Waals surface area contributed by atoms with E-state index in [1.165, 1.54) is 0 Å². The number of ether oxygens (including phenoxy) is 1. The van der Waals surface area contributed by atoms with Crippen molar-refractivity contribution in [3.05, 3.63) is 29.3 Å². The van der Waals surface area contributed by atoms with Crippen LogP contribution in [0.2, 0.25) is 0 Å². The summed E-state index contributed by atoms with van der Waals surface area (Å²) in [5, 5.41) is 21.0. The molecule has 2 rings (SSSR count). The lowest BCUT2D eigenvalue weighted by Crippen LogP contribution is -2.21. The topological polar surface area (TPSA) is 91.3 Å². The Morgan fingerprint density at radius 2 is 2.35 bits per heavy atom. The summed E-state index contributed by atoms with van der Waals surface area (Å²) in [7, 11) is 1.55. The number of amidine groups is 1. The van der Waals surface area contributed by atoms with E-state index >= 15 is 0 Å². The van der Waals surface area contributed by atoms with Crippen LogP contribution in [0.25, 0.3) is 0 Å². The van der Waals surface area contributed by atoms with Crippen LogP contribution >= 0.6 is 0 Å². The molecule has 0 aromatic heterocycles. The first-order valence-electron chi connectivity index (χ1n) is 6.66. The molecule has 110 valence electrons. The normalized spacial score (nSPS) is 20.3. The highest BCUT2D eigenvalue weighted by Gasteiger charge is 2.22. The number of methoxy groups -OCH3 is 1. The Hall–Kier alpha value is -1.79. The number of hydrogen-bond acceptors (Lipinski definition) is 5. The third-order valence-electron chi connectivity index (χ3n) is 3.68. The maximum absolute atomic E-state index is 9.16. The summed E-state index contributed by atoms with van der Waals surface area (Å²) in [5.74, 6) is 0.994. The van der Waals surface area contributed by atoms with Crippen molar-refractivity contribution in [1.29, 1.82) is 0 Å². The molecule has 1 heterocycles. The van der Waals surface area contributed by atoms with Crippen LogP contribution in [0.15, 0.2) is 23.4 Å². The Labute approximate surface area is 118 Å². The van der Waals surface area contributed by atoms with E-state index in [1.807, 2.05) is 18.2 Å². The van der Waals surface area contributed by atoms with Crippen molar-refractivity contribution in [2.75, 3.05) is 26.8 Å². The van der Waals surface area contributed by atoms with E-state index in [1.54, 1.807) is 7.11 Å². The van der Waals surface area contributed by atoms with Crippen molar-refractivity contribution >= 4 is 5.84 Å². The predicted octanol–water partition coefficient (Wildman–Crippen LogP) is 0.604. The maximum Gasteiger partial charge on any atom is 0.173 e. The van der Waals surface area contributed by atoms with Crippen LogP contribution in [0.1, 0.15) is 17.5 Å². The van der Waals surface area contributed by atoms with Crippen molar-refractivity contribution in [1.82, 2.24) is 4.90 Å². The summed E-state index contributed by atoms with van der Waals surface area (Å²) in [6.07, 6.45) is 1.03. The summed E-state index contributed by atoms with van der Waals surface area (Å²) in [6, 6.07) is 5.67. The molecule has 0 aliphatic carbocycles. The molecule has 1 unspecified atom stereocenters. The third-order valence-corrected chi connectivity index (χ3v) is 3.68. The van der Waals surface area contributed by atoms with Crippen molar-refractivity contribution in [3.63, 3.8) is 0 Å². The summed E-state index contributed by atoms with van der Waals surface area (Å²) in [6.45, 7) is 2.91. The number of aliphatic hydroxyl groups is 1. The Bertz CT molecular complexity index is 491. The third kappa shape index (κ3) is 3.20. The highest BCUT2D eigenvalue weighted by molar-refractivity contribution is 5.99. The van der Waals surface area contributed by atoms with Crippen LogP contribution < -0.4 is 10.5 Å². The average Bonchev–Trinajstić information content (AvgIpc) is 2.94. The Morgan fingerprint density at radius 1 is 1.55 bits per heavy atom. The fourth-order valence-corrected chi connectivity index (χ4v) is 2.57. The number of nitrogens with zero attached hydrogens (tertiary/aromatic N) is 2. The molecule has 0 radical (unpaired) electrons. The molecule has 20 heavy (non-hydrogen) atoms. The lowest BCUT2D eigenvalue weighted by Gasteiger charge is -2.17. The molecule has 1 atom stereocenters. The molecule has 0 amide bonds. The number of rotatable bonds is 5. The van der Waals surface area contributed by atoms with Crippen LogP contribution in [0.5, 0.6) is 5.75 Å². The molecular weight excluding hydrogens is 258 g/mol. The predicted molar refractivity (Wildman–Crippen MR) is 76.0 cm³/mol. The van der Waals surface area contributed by atoms with Crippen molar-refractivity contribution in [3.8, 4) is 5.75 Å². The van der Waals surface area contributed by atoms with Gasteiger partial charge in [0.1, 0.15) is 5.75 Å². The Kier molecular flexibility index (Phi) is 4.81. The molecule has 6 nitrogen and oxygen atoms in total. The number of oxime groups is 1. The summed E-state index contributed by atoms with van der Waals surface area (Å²) in [5.41, 5.74) is 7.33. The van der Waals surface area contributed by atoms with Crippen LogP contribution in [0.4, 0.5) is 0 Å². The standard InChI is InChI=1S/C14H21N3O3/c1-20-13-3-2-10(6-12(13)14(15)16-19)7-17-5-4-11(8-17)9-18/h2-3,6,11,18-19H,4-5,7-9H2,1H3,(H2,15,16). The first kappa shape index (κ1) is 14.6. The number of hydrogen-bond donors (Lipinski definition) is 3. The van der Waals surface area contributed by atoms with E-state index in [4.69, 9.17) is 20.8 Å². The SMILES string of the molecule is COc1ccc(CN2CCC(CO)C2)cc1/C(N)=N/O. The molecule has 0 spiro atoms. The summed E-state index contributed by atoms with van der Waals surface area (Å²) in [4.78, 5) is 2.29. The largest absolute Gasteiger partial charge is 0.496 e. The summed E-state index contributed by atoms with van der Waals surface area (Å²) >= 11 is 0. The van der Waals surface area contributed by atoms with Gasteiger partial charge in [-0.25, -0.2) is 0 Å². The minimum Gasteiger partial charge on any atom is -0.496 e. The van der Waals surface area contributed by atoms with Gasteiger partial charge in [0, 0.05) is 19.7 Å². The monoisotopic (exact) mass is 279 g/mol. The fourth-order valence-electron chi connectivity index (χ4n) is 2.57. The van der Waals surface area contributed by atoms with Gasteiger partial charge in [-0.15, -0.1) is 0 Å². The highest BCUT2D eigenvalue weighted by atomic mass is 16.5. The van der Waals surface area contributed by atoms with Crippen LogP contribution in [-0.4, -0.2) is 47.9 Å². The van der Waals surface area contributed by atoms with Gasteiger partial charge in [-0.3, -0.25) is 4.90 Å². The van der Waals surface area contributed by atoms with Crippen LogP contribution in [0, 0.1) is 5.92 Å². The minimum atomic E-state index is 0.0401. The molecule has 0 saturated carbocycles. The van der Waals surface area contributed by atoms with Crippen molar-refractivity contribution < 1.29 is 15.1 Å². The van der Waals surface area contributed by atoms with Crippen molar-refractivity contribution in [2.24, 2.45) is 16.8 Å². The van der Waals surface area contributed by atoms with E-state index in [0.29, 0.717) is 17.2 Å². The van der Waals surface area contributed by atoms with Gasteiger partial charge in [-0.05, 0) is 36.6 Å². The highest BCUT2D eigenvalue weighted by Crippen LogP contribution is 2.23. The molecule has 0 bridgehead atoms. The molecular formula is C14H21N3O3. The van der Waals surface area contributed by atoms with Crippen molar-refractivity contribution in [2.45, 2.75) is 13.0 Å². The van der Waals surface area contributed by atoms with E-state index in [-0.39, 0.29) is 12.4 Å². The second kappa shape index (κ2) is 6.58. The van der Waals surface area contributed by atoms with E-state index < -0.39 is 0 Å². The van der Waals surface area contributed by atoms with Gasteiger partial charge in [0.05, 0.1) is 12.7 Å².